The number of carbonyl (C=O) groups excluding carboxylic acids is 3. The van der Waals surface area contributed by atoms with Crippen LogP contribution in [0.2, 0.25) is 0 Å². The topological polar surface area (TPSA) is 93.1 Å². The normalized spacial score (nSPS) is 33.2. The molecular weight excluding hydrogens is 314 g/mol. The van der Waals surface area contributed by atoms with Gasteiger partial charge in [-0.15, -0.1) is 0 Å². The van der Waals surface area contributed by atoms with Crippen LogP contribution in [0.5, 0.6) is 5.75 Å². The summed E-state index contributed by atoms with van der Waals surface area (Å²) in [4.78, 5) is 37.8. The molecule has 1 N–H and O–H groups in total. The summed E-state index contributed by atoms with van der Waals surface area (Å²) in [5.74, 6) is -2.38. The quantitative estimate of drug-likeness (QED) is 0.374. The van der Waals surface area contributed by atoms with E-state index in [2.05, 4.69) is 0 Å². The number of nitrogens with zero attached hydrogens (tertiary/aromatic N) is 1. The average Bonchev–Trinajstić information content (AvgIpc) is 3.18. The Labute approximate surface area is 137 Å². The highest BCUT2D eigenvalue weighted by Crippen LogP contribution is 2.52. The van der Waals surface area contributed by atoms with Crippen molar-refractivity contribution in [3.8, 4) is 5.75 Å². The molecule has 4 unspecified atom stereocenters. The maximum absolute atomic E-state index is 12.9. The van der Waals surface area contributed by atoms with Gasteiger partial charge in [-0.1, -0.05) is 18.2 Å². The minimum Gasteiger partial charge on any atom is -0.427 e. The Morgan fingerprint density at radius 2 is 2.17 bits per heavy atom. The molecule has 7 heteroatoms. The van der Waals surface area contributed by atoms with Gasteiger partial charge < -0.3 is 14.6 Å². The van der Waals surface area contributed by atoms with E-state index in [0.717, 1.165) is 4.90 Å². The van der Waals surface area contributed by atoms with E-state index in [-0.39, 0.29) is 18.3 Å². The van der Waals surface area contributed by atoms with Gasteiger partial charge in [0.25, 0.3) is 0 Å². The van der Waals surface area contributed by atoms with Crippen LogP contribution in [-0.2, 0) is 19.1 Å². The number of rotatable bonds is 3. The van der Waals surface area contributed by atoms with Gasteiger partial charge in [0.1, 0.15) is 11.4 Å². The first kappa shape index (κ1) is 15.0. The van der Waals surface area contributed by atoms with E-state index < -0.39 is 35.4 Å². The lowest BCUT2D eigenvalue weighted by Crippen LogP contribution is -2.43. The van der Waals surface area contributed by atoms with Crippen LogP contribution in [0, 0.1) is 11.8 Å². The summed E-state index contributed by atoms with van der Waals surface area (Å²) in [5, 5.41) is 9.68. The lowest BCUT2D eigenvalue weighted by Gasteiger charge is -2.26. The second-order valence-corrected chi connectivity index (χ2v) is 6.16. The summed E-state index contributed by atoms with van der Waals surface area (Å²) >= 11 is 0. The number of aliphatic hydroxyl groups excluding tert-OH is 1. The maximum Gasteiger partial charge on any atom is 0.308 e. The fourth-order valence-corrected chi connectivity index (χ4v) is 3.79. The van der Waals surface area contributed by atoms with Gasteiger partial charge in [-0.3, -0.25) is 14.4 Å². The van der Waals surface area contributed by atoms with E-state index in [0.29, 0.717) is 5.69 Å². The number of imide groups is 1. The second kappa shape index (κ2) is 4.99. The fraction of sp³-hybridized carbons (Fsp3) is 0.353. The molecule has 0 saturated carbocycles. The van der Waals surface area contributed by atoms with Crippen LogP contribution in [0.25, 0.3) is 0 Å². The number of esters is 1. The Balaban J connectivity index is 1.71. The number of fused-ring (bicyclic) bond motifs is 5. The minimum atomic E-state index is -1.12. The third-order valence-electron chi connectivity index (χ3n) is 4.74. The molecule has 2 fully saturated rings. The third-order valence-corrected chi connectivity index (χ3v) is 4.74. The molecule has 124 valence electrons. The van der Waals surface area contributed by atoms with Crippen LogP contribution in [0.3, 0.4) is 0 Å². The van der Waals surface area contributed by atoms with Crippen molar-refractivity contribution in [1.29, 1.82) is 0 Å². The predicted molar refractivity (Wildman–Crippen MR) is 81.1 cm³/mol. The SMILES string of the molecule is CC(=O)Oc1cccc(N2C(=O)C3C4C=CC(CO)(O4)C3C2=O)c1. The van der Waals surface area contributed by atoms with Crippen molar-refractivity contribution in [2.24, 2.45) is 11.8 Å². The summed E-state index contributed by atoms with van der Waals surface area (Å²) in [6, 6.07) is 6.25. The Morgan fingerprint density at radius 3 is 2.88 bits per heavy atom. The van der Waals surface area contributed by atoms with Crippen LogP contribution >= 0.6 is 0 Å². The molecule has 2 saturated heterocycles. The lowest BCUT2D eigenvalue weighted by atomic mass is 9.77. The van der Waals surface area contributed by atoms with Crippen LogP contribution in [0.4, 0.5) is 5.69 Å². The molecule has 0 spiro atoms. The van der Waals surface area contributed by atoms with Crippen molar-refractivity contribution in [2.75, 3.05) is 11.5 Å². The Bertz CT molecular complexity index is 787. The number of carbonyl (C=O) groups is 3. The molecular formula is C17H15NO6. The number of amides is 2. The lowest BCUT2D eigenvalue weighted by molar-refractivity contribution is -0.132. The summed E-state index contributed by atoms with van der Waals surface area (Å²) in [6.45, 7) is 0.913. The highest BCUT2D eigenvalue weighted by atomic mass is 16.5. The molecule has 3 aliphatic rings. The van der Waals surface area contributed by atoms with Crippen molar-refractivity contribution in [3.05, 3.63) is 36.4 Å². The summed E-state index contributed by atoms with van der Waals surface area (Å²) in [5.41, 5.74) is -0.782. The zero-order valence-corrected chi connectivity index (χ0v) is 12.8. The summed E-state index contributed by atoms with van der Waals surface area (Å²) < 4.78 is 10.7. The minimum absolute atomic E-state index is 0.256. The number of benzene rings is 1. The van der Waals surface area contributed by atoms with Gasteiger partial charge in [0.2, 0.25) is 11.8 Å². The smallest absolute Gasteiger partial charge is 0.308 e. The Morgan fingerprint density at radius 1 is 1.38 bits per heavy atom. The molecule has 0 aromatic heterocycles. The zero-order chi connectivity index (χ0) is 17.1. The standard InChI is InChI=1S/C17H15NO6/c1-9(20)23-11-4-2-3-10(7-11)18-15(21)13-12-5-6-17(8-19,24-12)14(13)16(18)22/h2-7,12-14,19H,8H2,1H3. The molecule has 1 aromatic carbocycles. The fourth-order valence-electron chi connectivity index (χ4n) is 3.79. The van der Waals surface area contributed by atoms with E-state index >= 15 is 0 Å². The molecule has 2 amide bonds. The molecule has 7 nitrogen and oxygen atoms in total. The Hall–Kier alpha value is -2.51. The van der Waals surface area contributed by atoms with E-state index in [1.807, 2.05) is 0 Å². The molecule has 24 heavy (non-hydrogen) atoms. The first-order valence-electron chi connectivity index (χ1n) is 7.61. The number of hydrogen-bond acceptors (Lipinski definition) is 6. The van der Waals surface area contributed by atoms with E-state index in [4.69, 9.17) is 9.47 Å². The van der Waals surface area contributed by atoms with Crippen molar-refractivity contribution >= 4 is 23.5 Å². The van der Waals surface area contributed by atoms with E-state index in [9.17, 15) is 19.5 Å². The first-order chi connectivity index (χ1) is 11.5. The van der Waals surface area contributed by atoms with Crippen molar-refractivity contribution < 1.29 is 29.0 Å². The molecule has 1 aromatic rings. The largest absolute Gasteiger partial charge is 0.427 e. The van der Waals surface area contributed by atoms with Crippen molar-refractivity contribution in [2.45, 2.75) is 18.6 Å². The molecule has 0 aliphatic carbocycles. The van der Waals surface area contributed by atoms with Gasteiger partial charge in [0, 0.05) is 13.0 Å². The van der Waals surface area contributed by atoms with Gasteiger partial charge in [-0.25, -0.2) is 4.90 Å². The van der Waals surface area contributed by atoms with Crippen LogP contribution in [0.1, 0.15) is 6.92 Å². The highest BCUT2D eigenvalue weighted by molar-refractivity contribution is 6.23. The predicted octanol–water partition coefficient (Wildman–Crippen LogP) is 0.417. The summed E-state index contributed by atoms with van der Waals surface area (Å²) in [6.07, 6.45) is 2.89. The number of aliphatic hydroxyl groups is 1. The monoisotopic (exact) mass is 329 g/mol. The molecule has 3 heterocycles. The second-order valence-electron chi connectivity index (χ2n) is 6.16. The number of hydrogen-bond donors (Lipinski definition) is 1. The van der Waals surface area contributed by atoms with Gasteiger partial charge in [-0.2, -0.15) is 0 Å². The molecule has 0 radical (unpaired) electrons. The average molecular weight is 329 g/mol. The maximum atomic E-state index is 12.9. The van der Waals surface area contributed by atoms with Crippen molar-refractivity contribution in [1.82, 2.24) is 0 Å². The van der Waals surface area contributed by atoms with Gasteiger partial charge in [0.15, 0.2) is 0 Å². The molecule has 3 aliphatic heterocycles. The van der Waals surface area contributed by atoms with Gasteiger partial charge in [0.05, 0.1) is 30.2 Å². The van der Waals surface area contributed by atoms with Crippen molar-refractivity contribution in [3.63, 3.8) is 0 Å². The first-order valence-corrected chi connectivity index (χ1v) is 7.61. The van der Waals surface area contributed by atoms with Gasteiger partial charge in [-0.05, 0) is 12.1 Å². The highest BCUT2D eigenvalue weighted by Gasteiger charge is 2.67. The van der Waals surface area contributed by atoms with Crippen LogP contribution in [0.15, 0.2) is 36.4 Å². The van der Waals surface area contributed by atoms with E-state index in [1.54, 1.807) is 30.4 Å². The summed E-state index contributed by atoms with van der Waals surface area (Å²) in [7, 11) is 0. The third kappa shape index (κ3) is 1.88. The van der Waals surface area contributed by atoms with E-state index in [1.165, 1.54) is 13.0 Å². The van der Waals surface area contributed by atoms with Crippen LogP contribution in [-0.4, -0.2) is 41.2 Å². The molecule has 4 rings (SSSR count). The number of ether oxygens (including phenoxy) is 2. The molecule has 4 atom stereocenters. The van der Waals surface area contributed by atoms with Crippen LogP contribution < -0.4 is 9.64 Å². The molecule has 2 bridgehead atoms. The Kier molecular flexibility index (Phi) is 3.13. The number of anilines is 1. The zero-order valence-electron chi connectivity index (χ0n) is 12.8. The van der Waals surface area contributed by atoms with Gasteiger partial charge >= 0.3 is 5.97 Å².